The average Bonchev–Trinajstić information content (AvgIpc) is 2.32. The number of nitrogen functional groups attached to an aromatic ring is 1. The van der Waals surface area contributed by atoms with Gasteiger partial charge in [-0.05, 0) is 19.4 Å². The van der Waals surface area contributed by atoms with Crippen LogP contribution >= 0.6 is 0 Å². The maximum Gasteiger partial charge on any atom is 0.340 e. The van der Waals surface area contributed by atoms with Gasteiger partial charge in [-0.25, -0.2) is 9.18 Å². The molecule has 0 aliphatic heterocycles. The standard InChI is InChI=1S/C13H18FNO3/c1-3-5-6-18-12-7-9(13(16)17-4-2)11(15)8-10(12)14/h7-8H,3-6,15H2,1-2H3. The highest BCUT2D eigenvalue weighted by Crippen LogP contribution is 2.25. The third-order valence-electron chi connectivity index (χ3n) is 2.35. The molecule has 5 heteroatoms. The number of hydrogen-bond donors (Lipinski definition) is 1. The minimum Gasteiger partial charge on any atom is -0.490 e. The van der Waals surface area contributed by atoms with Gasteiger partial charge in [-0.1, -0.05) is 13.3 Å². The number of carbonyl (C=O) groups excluding carboxylic acids is 1. The van der Waals surface area contributed by atoms with Gasteiger partial charge in [0.25, 0.3) is 0 Å². The second-order valence-corrected chi connectivity index (χ2v) is 3.79. The molecular formula is C13H18FNO3. The lowest BCUT2D eigenvalue weighted by molar-refractivity contribution is 0.0527. The van der Waals surface area contributed by atoms with Gasteiger partial charge < -0.3 is 15.2 Å². The molecule has 1 aromatic rings. The molecule has 0 aromatic heterocycles. The van der Waals surface area contributed by atoms with E-state index in [1.54, 1.807) is 6.92 Å². The zero-order valence-corrected chi connectivity index (χ0v) is 10.7. The summed E-state index contributed by atoms with van der Waals surface area (Å²) >= 11 is 0. The predicted molar refractivity (Wildman–Crippen MR) is 67.2 cm³/mol. The predicted octanol–water partition coefficient (Wildman–Crippen LogP) is 2.76. The molecule has 100 valence electrons. The molecule has 0 heterocycles. The first-order chi connectivity index (χ1) is 8.60. The summed E-state index contributed by atoms with van der Waals surface area (Å²) in [7, 11) is 0. The van der Waals surface area contributed by atoms with Crippen LogP contribution < -0.4 is 10.5 Å². The van der Waals surface area contributed by atoms with Crippen LogP contribution in [0.2, 0.25) is 0 Å². The lowest BCUT2D eigenvalue weighted by Crippen LogP contribution is -2.09. The summed E-state index contributed by atoms with van der Waals surface area (Å²) in [6, 6.07) is 2.37. The molecule has 0 saturated heterocycles. The Bertz CT molecular complexity index is 421. The third-order valence-corrected chi connectivity index (χ3v) is 2.35. The van der Waals surface area contributed by atoms with Gasteiger partial charge in [-0.15, -0.1) is 0 Å². The largest absolute Gasteiger partial charge is 0.490 e. The maximum absolute atomic E-state index is 13.5. The summed E-state index contributed by atoms with van der Waals surface area (Å²) in [5, 5.41) is 0. The van der Waals surface area contributed by atoms with Crippen molar-refractivity contribution < 1.29 is 18.7 Å². The number of nitrogens with two attached hydrogens (primary N) is 1. The third kappa shape index (κ3) is 3.61. The first-order valence-electron chi connectivity index (χ1n) is 5.99. The number of carbonyl (C=O) groups is 1. The Morgan fingerprint density at radius 1 is 1.39 bits per heavy atom. The molecule has 0 unspecified atom stereocenters. The van der Waals surface area contributed by atoms with Gasteiger partial charge in [0.05, 0.1) is 18.8 Å². The molecule has 0 radical (unpaired) electrons. The number of halogens is 1. The minimum absolute atomic E-state index is 0.0284. The van der Waals surface area contributed by atoms with Crippen molar-refractivity contribution in [1.29, 1.82) is 0 Å². The van der Waals surface area contributed by atoms with Crippen molar-refractivity contribution in [3.63, 3.8) is 0 Å². The van der Waals surface area contributed by atoms with E-state index in [0.29, 0.717) is 6.61 Å². The highest BCUT2D eigenvalue weighted by molar-refractivity contribution is 5.95. The van der Waals surface area contributed by atoms with Crippen LogP contribution in [-0.4, -0.2) is 19.2 Å². The highest BCUT2D eigenvalue weighted by Gasteiger charge is 2.15. The Hall–Kier alpha value is -1.78. The number of unbranched alkanes of at least 4 members (excludes halogenated alkanes) is 1. The van der Waals surface area contributed by atoms with Crippen LogP contribution in [0.15, 0.2) is 12.1 Å². The molecule has 0 aliphatic rings. The first-order valence-corrected chi connectivity index (χ1v) is 5.99. The molecule has 0 aliphatic carbocycles. The highest BCUT2D eigenvalue weighted by atomic mass is 19.1. The van der Waals surface area contributed by atoms with Crippen LogP contribution in [-0.2, 0) is 4.74 Å². The van der Waals surface area contributed by atoms with Crippen molar-refractivity contribution >= 4 is 11.7 Å². The Morgan fingerprint density at radius 2 is 2.11 bits per heavy atom. The zero-order valence-electron chi connectivity index (χ0n) is 10.7. The van der Waals surface area contributed by atoms with Gasteiger partial charge in [-0.3, -0.25) is 0 Å². The summed E-state index contributed by atoms with van der Waals surface area (Å²) < 4.78 is 23.6. The van der Waals surface area contributed by atoms with Gasteiger partial charge in [0.2, 0.25) is 0 Å². The van der Waals surface area contributed by atoms with Crippen molar-refractivity contribution in [2.75, 3.05) is 18.9 Å². The van der Waals surface area contributed by atoms with Gasteiger partial charge in [-0.2, -0.15) is 0 Å². The fraction of sp³-hybridized carbons (Fsp3) is 0.462. The Balaban J connectivity index is 2.91. The summed E-state index contributed by atoms with van der Waals surface area (Å²) in [6.45, 7) is 4.34. The molecule has 0 atom stereocenters. The van der Waals surface area contributed by atoms with Gasteiger partial charge in [0.15, 0.2) is 11.6 Å². The van der Waals surface area contributed by atoms with Crippen LogP contribution in [0.5, 0.6) is 5.75 Å². The molecule has 0 amide bonds. The Kier molecular flexibility index (Phi) is 5.42. The monoisotopic (exact) mass is 255 g/mol. The second kappa shape index (κ2) is 6.83. The van der Waals surface area contributed by atoms with Crippen molar-refractivity contribution in [1.82, 2.24) is 0 Å². The van der Waals surface area contributed by atoms with E-state index in [-0.39, 0.29) is 23.6 Å². The summed E-state index contributed by atoms with van der Waals surface area (Å²) in [5.41, 5.74) is 5.76. The van der Waals surface area contributed by atoms with E-state index in [1.165, 1.54) is 6.07 Å². The van der Waals surface area contributed by atoms with Gasteiger partial charge >= 0.3 is 5.97 Å². The zero-order chi connectivity index (χ0) is 13.5. The number of ether oxygens (including phenoxy) is 2. The Labute approximate surface area is 106 Å². The molecule has 0 bridgehead atoms. The van der Waals surface area contributed by atoms with Crippen LogP contribution in [0.1, 0.15) is 37.0 Å². The summed E-state index contributed by atoms with van der Waals surface area (Å²) in [5.74, 6) is -1.12. The van der Waals surface area contributed by atoms with Crippen LogP contribution in [0.3, 0.4) is 0 Å². The van der Waals surface area contributed by atoms with E-state index in [4.69, 9.17) is 15.2 Å². The second-order valence-electron chi connectivity index (χ2n) is 3.79. The molecule has 1 rings (SSSR count). The topological polar surface area (TPSA) is 61.5 Å². The molecule has 0 spiro atoms. The lowest BCUT2D eigenvalue weighted by Gasteiger charge is -2.10. The van der Waals surface area contributed by atoms with E-state index in [2.05, 4.69) is 0 Å². The van der Waals surface area contributed by atoms with Crippen molar-refractivity contribution in [3.8, 4) is 5.75 Å². The lowest BCUT2D eigenvalue weighted by atomic mass is 10.1. The number of anilines is 1. The first kappa shape index (κ1) is 14.3. The minimum atomic E-state index is -0.574. The number of esters is 1. The average molecular weight is 255 g/mol. The molecule has 18 heavy (non-hydrogen) atoms. The smallest absolute Gasteiger partial charge is 0.340 e. The van der Waals surface area contributed by atoms with Crippen LogP contribution in [0.4, 0.5) is 10.1 Å². The van der Waals surface area contributed by atoms with E-state index in [0.717, 1.165) is 18.9 Å². The van der Waals surface area contributed by atoms with E-state index >= 15 is 0 Å². The molecule has 0 saturated carbocycles. The SMILES string of the molecule is CCCCOc1cc(C(=O)OCC)c(N)cc1F. The van der Waals surface area contributed by atoms with Crippen LogP contribution in [0.25, 0.3) is 0 Å². The number of rotatable bonds is 6. The Morgan fingerprint density at radius 3 is 2.72 bits per heavy atom. The molecule has 2 N–H and O–H groups in total. The summed E-state index contributed by atoms with van der Waals surface area (Å²) in [6.07, 6.45) is 1.76. The normalized spacial score (nSPS) is 10.2. The molecule has 0 fully saturated rings. The maximum atomic E-state index is 13.5. The van der Waals surface area contributed by atoms with E-state index < -0.39 is 11.8 Å². The molecule has 1 aromatic carbocycles. The fourth-order valence-electron chi connectivity index (χ4n) is 1.39. The van der Waals surface area contributed by atoms with Gasteiger partial charge in [0, 0.05) is 11.8 Å². The van der Waals surface area contributed by atoms with Crippen molar-refractivity contribution in [2.45, 2.75) is 26.7 Å². The number of hydrogen-bond acceptors (Lipinski definition) is 4. The molecule has 4 nitrogen and oxygen atoms in total. The number of benzene rings is 1. The van der Waals surface area contributed by atoms with Gasteiger partial charge in [0.1, 0.15) is 0 Å². The van der Waals surface area contributed by atoms with E-state index in [1.807, 2.05) is 6.92 Å². The van der Waals surface area contributed by atoms with Crippen molar-refractivity contribution in [2.24, 2.45) is 0 Å². The summed E-state index contributed by atoms with van der Waals surface area (Å²) in [4.78, 5) is 11.6. The fourth-order valence-corrected chi connectivity index (χ4v) is 1.39. The van der Waals surface area contributed by atoms with E-state index in [9.17, 15) is 9.18 Å². The molecular weight excluding hydrogens is 237 g/mol. The van der Waals surface area contributed by atoms with Crippen LogP contribution in [0, 0.1) is 5.82 Å². The quantitative estimate of drug-likeness (QED) is 0.482. The van der Waals surface area contributed by atoms with Crippen molar-refractivity contribution in [3.05, 3.63) is 23.5 Å².